The van der Waals surface area contributed by atoms with E-state index in [2.05, 4.69) is 0 Å². The second-order valence-corrected chi connectivity index (χ2v) is 8.80. The Balaban J connectivity index is 2.04. The van der Waals surface area contributed by atoms with E-state index in [1.54, 1.807) is 37.3 Å². The van der Waals surface area contributed by atoms with Crippen LogP contribution in [0.3, 0.4) is 0 Å². The number of ether oxygens (including phenoxy) is 3. The highest BCUT2D eigenvalue weighted by molar-refractivity contribution is 5.96. The number of hydrogen-bond acceptors (Lipinski definition) is 7. The van der Waals surface area contributed by atoms with Crippen LogP contribution in [-0.4, -0.2) is 42.5 Å². The number of hydrogen-bond donors (Lipinski definition) is 0. The number of nitro groups is 1. The molecular formula is C26H30N2O7. The molecule has 1 aliphatic rings. The van der Waals surface area contributed by atoms with Crippen LogP contribution in [0, 0.1) is 16.0 Å². The Hall–Kier alpha value is -3.88. The van der Waals surface area contributed by atoms with Crippen LogP contribution in [0.2, 0.25) is 0 Å². The van der Waals surface area contributed by atoms with E-state index in [1.807, 2.05) is 13.8 Å². The highest BCUT2D eigenvalue weighted by Gasteiger charge is 2.37. The Morgan fingerprint density at radius 2 is 1.71 bits per heavy atom. The van der Waals surface area contributed by atoms with Crippen LogP contribution >= 0.6 is 0 Å². The van der Waals surface area contributed by atoms with E-state index in [4.69, 9.17) is 14.2 Å². The molecule has 9 heteroatoms. The quantitative estimate of drug-likeness (QED) is 0.292. The SMILES string of the molecule is COc1cc(OC)cc([C@H]2CC(=O)N(Cc3ccc([N+](=O)[O-])cc3)C(C)=C2C(=O)OCC(C)C)c1. The number of nitrogens with zero attached hydrogens (tertiary/aromatic N) is 2. The van der Waals surface area contributed by atoms with Gasteiger partial charge in [-0.1, -0.05) is 26.0 Å². The second-order valence-electron chi connectivity index (χ2n) is 8.80. The Kier molecular flexibility index (Phi) is 8.11. The number of esters is 1. The van der Waals surface area contributed by atoms with Crippen molar-refractivity contribution in [3.63, 3.8) is 0 Å². The summed E-state index contributed by atoms with van der Waals surface area (Å²) in [5.74, 6) is 0.0495. The fourth-order valence-electron chi connectivity index (χ4n) is 4.01. The first-order chi connectivity index (χ1) is 16.6. The van der Waals surface area contributed by atoms with Crippen molar-refractivity contribution in [2.45, 2.75) is 39.7 Å². The van der Waals surface area contributed by atoms with Gasteiger partial charge >= 0.3 is 5.97 Å². The maximum absolute atomic E-state index is 13.3. The van der Waals surface area contributed by atoms with Crippen LogP contribution in [0.4, 0.5) is 5.69 Å². The molecule has 2 aromatic carbocycles. The largest absolute Gasteiger partial charge is 0.497 e. The summed E-state index contributed by atoms with van der Waals surface area (Å²) in [5, 5.41) is 11.0. The number of carbonyl (C=O) groups is 2. The van der Waals surface area contributed by atoms with Gasteiger partial charge in [-0.25, -0.2) is 4.79 Å². The maximum atomic E-state index is 13.3. The summed E-state index contributed by atoms with van der Waals surface area (Å²) >= 11 is 0. The molecule has 0 fully saturated rings. The minimum absolute atomic E-state index is 0.0315. The van der Waals surface area contributed by atoms with Gasteiger partial charge in [0.25, 0.3) is 5.69 Å². The lowest BCUT2D eigenvalue weighted by atomic mass is 9.83. The summed E-state index contributed by atoms with van der Waals surface area (Å²) in [4.78, 5) is 38.6. The molecule has 0 saturated heterocycles. The van der Waals surface area contributed by atoms with Crippen LogP contribution < -0.4 is 9.47 Å². The average Bonchev–Trinajstić information content (AvgIpc) is 2.84. The van der Waals surface area contributed by atoms with Crippen molar-refractivity contribution in [1.29, 1.82) is 0 Å². The van der Waals surface area contributed by atoms with Crippen molar-refractivity contribution in [3.8, 4) is 11.5 Å². The summed E-state index contributed by atoms with van der Waals surface area (Å²) in [6.45, 7) is 6.05. The number of amides is 1. The maximum Gasteiger partial charge on any atom is 0.336 e. The topological polar surface area (TPSA) is 108 Å². The molecular weight excluding hydrogens is 452 g/mol. The molecule has 1 aliphatic heterocycles. The third kappa shape index (κ3) is 5.98. The van der Waals surface area contributed by atoms with Gasteiger partial charge in [0.05, 0.1) is 37.9 Å². The minimum Gasteiger partial charge on any atom is -0.497 e. The van der Waals surface area contributed by atoms with E-state index in [0.29, 0.717) is 33.9 Å². The van der Waals surface area contributed by atoms with E-state index >= 15 is 0 Å². The van der Waals surface area contributed by atoms with Crippen LogP contribution in [0.25, 0.3) is 0 Å². The van der Waals surface area contributed by atoms with Crippen molar-refractivity contribution >= 4 is 17.6 Å². The van der Waals surface area contributed by atoms with Gasteiger partial charge in [0.1, 0.15) is 11.5 Å². The number of benzene rings is 2. The van der Waals surface area contributed by atoms with E-state index < -0.39 is 16.8 Å². The van der Waals surface area contributed by atoms with Crippen LogP contribution in [0.15, 0.2) is 53.7 Å². The molecule has 0 spiro atoms. The van der Waals surface area contributed by atoms with Crippen molar-refractivity contribution < 1.29 is 28.7 Å². The molecule has 0 aliphatic carbocycles. The highest BCUT2D eigenvalue weighted by atomic mass is 16.6. The fourth-order valence-corrected chi connectivity index (χ4v) is 4.01. The zero-order valence-electron chi connectivity index (χ0n) is 20.6. The Labute approximate surface area is 204 Å². The number of methoxy groups -OCH3 is 2. The van der Waals surface area contributed by atoms with E-state index in [-0.39, 0.29) is 37.1 Å². The number of carbonyl (C=O) groups excluding carboxylic acids is 2. The molecule has 0 radical (unpaired) electrons. The monoisotopic (exact) mass is 482 g/mol. The smallest absolute Gasteiger partial charge is 0.336 e. The summed E-state index contributed by atoms with van der Waals surface area (Å²) in [7, 11) is 3.07. The summed E-state index contributed by atoms with van der Waals surface area (Å²) in [6.07, 6.45) is 0.0484. The number of rotatable bonds is 9. The van der Waals surface area contributed by atoms with E-state index in [0.717, 1.165) is 0 Å². The molecule has 2 aromatic rings. The van der Waals surface area contributed by atoms with Crippen molar-refractivity contribution in [3.05, 3.63) is 75.0 Å². The normalized spacial score (nSPS) is 15.9. The first-order valence-electron chi connectivity index (χ1n) is 11.3. The number of nitro benzene ring substituents is 1. The lowest BCUT2D eigenvalue weighted by Crippen LogP contribution is -2.38. The molecule has 0 saturated carbocycles. The summed E-state index contributed by atoms with van der Waals surface area (Å²) in [6, 6.07) is 11.3. The van der Waals surface area contributed by atoms with Crippen LogP contribution in [0.5, 0.6) is 11.5 Å². The van der Waals surface area contributed by atoms with Gasteiger partial charge in [0.2, 0.25) is 5.91 Å². The number of non-ortho nitro benzene ring substituents is 1. The molecule has 0 unspecified atom stereocenters. The zero-order valence-corrected chi connectivity index (χ0v) is 20.6. The molecule has 3 rings (SSSR count). The lowest BCUT2D eigenvalue weighted by Gasteiger charge is -2.34. The predicted octanol–water partition coefficient (Wildman–Crippen LogP) is 4.60. The Morgan fingerprint density at radius 1 is 1.11 bits per heavy atom. The minimum atomic E-state index is -0.542. The summed E-state index contributed by atoms with van der Waals surface area (Å²) < 4.78 is 16.4. The van der Waals surface area contributed by atoms with Crippen LogP contribution in [-0.2, 0) is 20.9 Å². The van der Waals surface area contributed by atoms with Gasteiger partial charge in [0.15, 0.2) is 0 Å². The first kappa shape index (κ1) is 25.7. The predicted molar refractivity (Wildman–Crippen MR) is 129 cm³/mol. The van der Waals surface area contributed by atoms with E-state index in [1.165, 1.54) is 31.3 Å². The molecule has 1 heterocycles. The van der Waals surface area contributed by atoms with Gasteiger partial charge in [-0.2, -0.15) is 0 Å². The van der Waals surface area contributed by atoms with Gasteiger partial charge in [-0.15, -0.1) is 0 Å². The third-order valence-corrected chi connectivity index (χ3v) is 5.85. The van der Waals surface area contributed by atoms with Crippen molar-refractivity contribution in [2.75, 3.05) is 20.8 Å². The third-order valence-electron chi connectivity index (χ3n) is 5.85. The molecule has 9 nitrogen and oxygen atoms in total. The van der Waals surface area contributed by atoms with Crippen molar-refractivity contribution in [1.82, 2.24) is 4.90 Å². The van der Waals surface area contributed by atoms with Crippen molar-refractivity contribution in [2.24, 2.45) is 5.92 Å². The molecule has 35 heavy (non-hydrogen) atoms. The Morgan fingerprint density at radius 3 is 2.23 bits per heavy atom. The summed E-state index contributed by atoms with van der Waals surface area (Å²) in [5.41, 5.74) is 2.26. The Bertz CT molecular complexity index is 1120. The lowest BCUT2D eigenvalue weighted by molar-refractivity contribution is -0.384. The van der Waals surface area contributed by atoms with Gasteiger partial charge in [0, 0.05) is 36.2 Å². The average molecular weight is 483 g/mol. The van der Waals surface area contributed by atoms with Gasteiger partial charge < -0.3 is 19.1 Å². The second kappa shape index (κ2) is 11.0. The zero-order chi connectivity index (χ0) is 25.7. The molecule has 0 N–H and O–H groups in total. The number of allylic oxidation sites excluding steroid dienone is 1. The first-order valence-corrected chi connectivity index (χ1v) is 11.3. The van der Waals surface area contributed by atoms with Crippen LogP contribution in [0.1, 0.15) is 44.2 Å². The molecule has 0 bridgehead atoms. The molecule has 0 aromatic heterocycles. The van der Waals surface area contributed by atoms with Gasteiger partial charge in [-0.05, 0) is 36.1 Å². The molecule has 1 atom stereocenters. The standard InChI is InChI=1S/C26H30N2O7/c1-16(2)15-35-26(30)25-17(3)27(14-18-6-8-20(9-7-18)28(31)32)24(29)13-23(25)19-10-21(33-4)12-22(11-19)34-5/h6-12,16,23H,13-15H2,1-5H3/t23-/m1/s1. The van der Waals surface area contributed by atoms with E-state index in [9.17, 15) is 19.7 Å². The molecule has 1 amide bonds. The molecule has 186 valence electrons. The fraction of sp³-hybridized carbons (Fsp3) is 0.385. The van der Waals surface area contributed by atoms with Gasteiger partial charge in [-0.3, -0.25) is 14.9 Å². The highest BCUT2D eigenvalue weighted by Crippen LogP contribution is 2.40.